The Morgan fingerprint density at radius 1 is 1.43 bits per heavy atom. The second kappa shape index (κ2) is 3.89. The molecule has 0 bridgehead atoms. The van der Waals surface area contributed by atoms with Crippen LogP contribution in [0.3, 0.4) is 0 Å². The molecule has 0 spiro atoms. The van der Waals surface area contributed by atoms with E-state index in [1.807, 2.05) is 0 Å². The fourth-order valence-electron chi connectivity index (χ4n) is 1.81. The van der Waals surface area contributed by atoms with Gasteiger partial charge in [0.15, 0.2) is 0 Å². The molecule has 0 amide bonds. The first-order valence-corrected chi connectivity index (χ1v) is 5.69. The van der Waals surface area contributed by atoms with Gasteiger partial charge < -0.3 is 5.73 Å². The molecule has 0 aliphatic heterocycles. The van der Waals surface area contributed by atoms with Crippen molar-refractivity contribution in [3.05, 3.63) is 28.0 Å². The topological polar surface area (TPSA) is 26.0 Å². The molecule has 1 aromatic carbocycles. The van der Waals surface area contributed by atoms with Gasteiger partial charge in [-0.1, -0.05) is 19.3 Å². The van der Waals surface area contributed by atoms with Crippen LogP contribution in [0.4, 0.5) is 10.1 Å². The lowest BCUT2D eigenvalue weighted by Gasteiger charge is -2.26. The molecule has 0 aromatic heterocycles. The second-order valence-corrected chi connectivity index (χ2v) is 4.82. The Bertz CT molecular complexity index is 347. The summed E-state index contributed by atoms with van der Waals surface area (Å²) < 4.78 is 13.8. The van der Waals surface area contributed by atoms with Crippen molar-refractivity contribution in [2.24, 2.45) is 5.92 Å². The summed E-state index contributed by atoms with van der Waals surface area (Å²) in [6, 6.07) is 2.97. The van der Waals surface area contributed by atoms with E-state index >= 15 is 0 Å². The fraction of sp³-hybridized carbons (Fsp3) is 0.455. The number of hydrogen-bond donors (Lipinski definition) is 1. The number of halogens is 2. The molecule has 1 aliphatic rings. The van der Waals surface area contributed by atoms with Crippen LogP contribution in [0.2, 0.25) is 0 Å². The molecule has 0 saturated heterocycles. The standard InChI is InChI=1S/C11H13BrFN/c12-10-6-9(13)5-8(11(10)14)4-7-2-1-3-7/h5-7H,1-4,14H2. The van der Waals surface area contributed by atoms with Crippen LogP contribution >= 0.6 is 15.9 Å². The van der Waals surface area contributed by atoms with E-state index in [0.717, 1.165) is 12.0 Å². The van der Waals surface area contributed by atoms with E-state index in [1.165, 1.54) is 25.3 Å². The van der Waals surface area contributed by atoms with E-state index in [-0.39, 0.29) is 5.82 Å². The van der Waals surface area contributed by atoms with Crippen LogP contribution < -0.4 is 5.73 Å². The van der Waals surface area contributed by atoms with Crippen LogP contribution in [-0.4, -0.2) is 0 Å². The zero-order valence-electron chi connectivity index (χ0n) is 7.89. The Morgan fingerprint density at radius 3 is 2.71 bits per heavy atom. The van der Waals surface area contributed by atoms with Crippen LogP contribution in [0.15, 0.2) is 16.6 Å². The van der Waals surface area contributed by atoms with Gasteiger partial charge in [-0.05, 0) is 46.0 Å². The van der Waals surface area contributed by atoms with E-state index in [0.29, 0.717) is 16.1 Å². The first kappa shape index (κ1) is 9.97. The van der Waals surface area contributed by atoms with E-state index < -0.39 is 0 Å². The molecular formula is C11H13BrFN. The quantitative estimate of drug-likeness (QED) is 0.807. The Labute approximate surface area is 91.6 Å². The molecule has 2 N–H and O–H groups in total. The molecule has 3 heteroatoms. The SMILES string of the molecule is Nc1c(Br)cc(F)cc1CC1CCC1. The summed E-state index contributed by atoms with van der Waals surface area (Å²) in [5.41, 5.74) is 7.50. The molecule has 0 radical (unpaired) electrons. The summed E-state index contributed by atoms with van der Waals surface area (Å²) in [5, 5.41) is 0. The van der Waals surface area contributed by atoms with Gasteiger partial charge in [0.25, 0.3) is 0 Å². The van der Waals surface area contributed by atoms with E-state index in [1.54, 1.807) is 6.07 Å². The molecule has 1 saturated carbocycles. The number of nitrogen functional groups attached to an aromatic ring is 1. The lowest BCUT2D eigenvalue weighted by atomic mass is 9.81. The molecule has 1 nitrogen and oxygen atoms in total. The van der Waals surface area contributed by atoms with Crippen molar-refractivity contribution in [3.63, 3.8) is 0 Å². The third-order valence-corrected chi connectivity index (χ3v) is 3.57. The van der Waals surface area contributed by atoms with Crippen molar-refractivity contribution in [1.82, 2.24) is 0 Å². The van der Waals surface area contributed by atoms with Gasteiger partial charge in [0.2, 0.25) is 0 Å². The van der Waals surface area contributed by atoms with Crippen molar-refractivity contribution in [1.29, 1.82) is 0 Å². The summed E-state index contributed by atoms with van der Waals surface area (Å²) >= 11 is 3.26. The third-order valence-electron chi connectivity index (χ3n) is 2.91. The molecule has 0 atom stereocenters. The van der Waals surface area contributed by atoms with Gasteiger partial charge in [-0.15, -0.1) is 0 Å². The third kappa shape index (κ3) is 1.92. The maximum atomic E-state index is 13.1. The predicted octanol–water partition coefficient (Wildman–Crippen LogP) is 3.51. The molecule has 2 rings (SSSR count). The smallest absolute Gasteiger partial charge is 0.124 e. The second-order valence-electron chi connectivity index (χ2n) is 3.96. The monoisotopic (exact) mass is 257 g/mol. The average Bonchev–Trinajstić information content (AvgIpc) is 2.05. The average molecular weight is 258 g/mol. The lowest BCUT2D eigenvalue weighted by molar-refractivity contribution is 0.314. The lowest BCUT2D eigenvalue weighted by Crippen LogP contribution is -2.14. The predicted molar refractivity (Wildman–Crippen MR) is 59.6 cm³/mol. The highest BCUT2D eigenvalue weighted by Crippen LogP contribution is 2.33. The molecule has 76 valence electrons. The van der Waals surface area contributed by atoms with Crippen molar-refractivity contribution in [2.45, 2.75) is 25.7 Å². The highest BCUT2D eigenvalue weighted by Gasteiger charge is 2.19. The highest BCUT2D eigenvalue weighted by atomic mass is 79.9. The molecule has 0 unspecified atom stereocenters. The van der Waals surface area contributed by atoms with Crippen molar-refractivity contribution >= 4 is 21.6 Å². The maximum absolute atomic E-state index is 13.1. The van der Waals surface area contributed by atoms with Crippen LogP contribution in [0.1, 0.15) is 24.8 Å². The van der Waals surface area contributed by atoms with Crippen LogP contribution in [0.25, 0.3) is 0 Å². The summed E-state index contributed by atoms with van der Waals surface area (Å²) in [4.78, 5) is 0. The van der Waals surface area contributed by atoms with Crippen LogP contribution in [0, 0.1) is 11.7 Å². The number of hydrogen-bond acceptors (Lipinski definition) is 1. The maximum Gasteiger partial charge on any atom is 0.124 e. The molecule has 1 aromatic rings. The zero-order chi connectivity index (χ0) is 10.1. The number of anilines is 1. The minimum atomic E-state index is -0.208. The van der Waals surface area contributed by atoms with Crippen LogP contribution in [-0.2, 0) is 6.42 Å². The van der Waals surface area contributed by atoms with Crippen molar-refractivity contribution < 1.29 is 4.39 Å². The number of rotatable bonds is 2. The van der Waals surface area contributed by atoms with Gasteiger partial charge in [-0.2, -0.15) is 0 Å². The summed E-state index contributed by atoms with van der Waals surface area (Å²) in [6.07, 6.45) is 4.74. The number of nitrogens with two attached hydrogens (primary N) is 1. The van der Waals surface area contributed by atoms with Gasteiger partial charge in [-0.25, -0.2) is 4.39 Å². The van der Waals surface area contributed by atoms with Gasteiger partial charge >= 0.3 is 0 Å². The largest absolute Gasteiger partial charge is 0.398 e. The van der Waals surface area contributed by atoms with E-state index in [4.69, 9.17) is 5.73 Å². The molecule has 1 fully saturated rings. The van der Waals surface area contributed by atoms with Gasteiger partial charge in [0.05, 0.1) is 0 Å². The van der Waals surface area contributed by atoms with Crippen LogP contribution in [0.5, 0.6) is 0 Å². The Morgan fingerprint density at radius 2 is 2.14 bits per heavy atom. The Hall–Kier alpha value is -0.570. The molecule has 0 heterocycles. The first-order valence-electron chi connectivity index (χ1n) is 4.90. The summed E-state index contributed by atoms with van der Waals surface area (Å²) in [5.74, 6) is 0.506. The Balaban J connectivity index is 2.22. The highest BCUT2D eigenvalue weighted by molar-refractivity contribution is 9.10. The fourth-order valence-corrected chi connectivity index (χ4v) is 2.29. The number of benzene rings is 1. The van der Waals surface area contributed by atoms with Gasteiger partial charge in [-0.3, -0.25) is 0 Å². The molecule has 14 heavy (non-hydrogen) atoms. The summed E-state index contributed by atoms with van der Waals surface area (Å²) in [6.45, 7) is 0. The summed E-state index contributed by atoms with van der Waals surface area (Å²) in [7, 11) is 0. The normalized spacial score (nSPS) is 16.7. The van der Waals surface area contributed by atoms with Gasteiger partial charge in [0.1, 0.15) is 5.82 Å². The molecular weight excluding hydrogens is 245 g/mol. The van der Waals surface area contributed by atoms with E-state index in [9.17, 15) is 4.39 Å². The van der Waals surface area contributed by atoms with E-state index in [2.05, 4.69) is 15.9 Å². The zero-order valence-corrected chi connectivity index (χ0v) is 9.48. The van der Waals surface area contributed by atoms with Crippen molar-refractivity contribution in [3.8, 4) is 0 Å². The first-order chi connectivity index (χ1) is 6.66. The minimum Gasteiger partial charge on any atom is -0.398 e. The van der Waals surface area contributed by atoms with Crippen molar-refractivity contribution in [2.75, 3.05) is 5.73 Å². The minimum absolute atomic E-state index is 0.208. The van der Waals surface area contributed by atoms with Gasteiger partial charge in [0, 0.05) is 10.2 Å². The molecule has 1 aliphatic carbocycles. The Kier molecular flexibility index (Phi) is 2.77.